The summed E-state index contributed by atoms with van der Waals surface area (Å²) in [6, 6.07) is 0.261. The minimum absolute atomic E-state index is 0.0196. The fourth-order valence-electron chi connectivity index (χ4n) is 3.23. The number of piperidine rings is 1. The number of amides is 1. The van der Waals surface area contributed by atoms with Crippen LogP contribution in [0, 0.1) is 0 Å². The van der Waals surface area contributed by atoms with E-state index in [1.807, 2.05) is 13.1 Å². The smallest absolute Gasteiger partial charge is 0.243 e. The van der Waals surface area contributed by atoms with Gasteiger partial charge in [0, 0.05) is 24.4 Å². The number of hydrogen-bond donors (Lipinski definition) is 1. The molecule has 1 saturated heterocycles. The van der Waals surface area contributed by atoms with Gasteiger partial charge in [0.1, 0.15) is 11.3 Å². The van der Waals surface area contributed by atoms with E-state index in [-0.39, 0.29) is 11.9 Å². The first kappa shape index (κ1) is 17.0. The number of anilines is 1. The molecule has 1 N–H and O–H groups in total. The van der Waals surface area contributed by atoms with Crippen molar-refractivity contribution in [2.24, 2.45) is 0 Å². The first-order valence-electron chi connectivity index (χ1n) is 8.40. The summed E-state index contributed by atoms with van der Waals surface area (Å²) in [6.07, 6.45) is 6.00. The molecule has 0 unspecified atom stereocenters. The van der Waals surface area contributed by atoms with Crippen LogP contribution in [0.4, 0.5) is 5.13 Å². The van der Waals surface area contributed by atoms with Gasteiger partial charge in [0.2, 0.25) is 11.0 Å². The zero-order valence-electron chi connectivity index (χ0n) is 14.3. The van der Waals surface area contributed by atoms with Crippen molar-refractivity contribution in [2.45, 2.75) is 51.6 Å². The molecule has 0 radical (unpaired) electrons. The Balaban J connectivity index is 1.56. The summed E-state index contributed by atoms with van der Waals surface area (Å²) < 4.78 is 2.26. The number of aromatic nitrogens is 4. The number of imidazole rings is 1. The third kappa shape index (κ3) is 3.64. The van der Waals surface area contributed by atoms with E-state index >= 15 is 0 Å². The minimum atomic E-state index is -0.167. The Morgan fingerprint density at radius 2 is 2.08 bits per heavy atom. The fraction of sp³-hybridized carbons (Fsp3) is 0.625. The van der Waals surface area contributed by atoms with Crippen LogP contribution in [0.2, 0.25) is 0 Å². The van der Waals surface area contributed by atoms with Crippen molar-refractivity contribution in [3.63, 3.8) is 0 Å². The Kier molecular flexibility index (Phi) is 5.25. The van der Waals surface area contributed by atoms with Crippen LogP contribution in [0.3, 0.4) is 0 Å². The maximum atomic E-state index is 12.3. The van der Waals surface area contributed by atoms with Gasteiger partial charge >= 0.3 is 0 Å². The number of likely N-dealkylation sites (tertiary alicyclic amines) is 1. The molecule has 7 nitrogen and oxygen atoms in total. The second kappa shape index (κ2) is 7.40. The average molecular weight is 348 g/mol. The summed E-state index contributed by atoms with van der Waals surface area (Å²) in [5, 5.41) is 11.0. The number of carbonyl (C=O) groups excluding carboxylic acids is 1. The van der Waals surface area contributed by atoms with Crippen molar-refractivity contribution in [1.82, 2.24) is 24.6 Å². The van der Waals surface area contributed by atoms with Crippen LogP contribution in [-0.4, -0.2) is 49.7 Å². The van der Waals surface area contributed by atoms with Gasteiger partial charge in [-0.2, -0.15) is 0 Å². The highest BCUT2D eigenvalue weighted by Crippen LogP contribution is 2.29. The van der Waals surface area contributed by atoms with Crippen molar-refractivity contribution in [1.29, 1.82) is 0 Å². The van der Waals surface area contributed by atoms with Crippen LogP contribution in [0.15, 0.2) is 17.9 Å². The third-order valence-corrected chi connectivity index (χ3v) is 5.27. The summed E-state index contributed by atoms with van der Waals surface area (Å²) in [5.74, 6) is 1.63. The van der Waals surface area contributed by atoms with E-state index < -0.39 is 0 Å². The van der Waals surface area contributed by atoms with Crippen LogP contribution in [-0.2, 0) is 4.79 Å². The van der Waals surface area contributed by atoms with Crippen molar-refractivity contribution < 1.29 is 4.79 Å². The second-order valence-electron chi connectivity index (χ2n) is 6.51. The van der Waals surface area contributed by atoms with E-state index in [0.717, 1.165) is 25.9 Å². The summed E-state index contributed by atoms with van der Waals surface area (Å²) in [7, 11) is 0. The van der Waals surface area contributed by atoms with Crippen molar-refractivity contribution in [3.05, 3.63) is 23.7 Å². The van der Waals surface area contributed by atoms with Crippen LogP contribution in [0.25, 0.3) is 0 Å². The van der Waals surface area contributed by atoms with Crippen molar-refractivity contribution in [2.75, 3.05) is 18.4 Å². The zero-order chi connectivity index (χ0) is 17.1. The molecule has 0 saturated carbocycles. The Bertz CT molecular complexity index is 660. The molecule has 0 aromatic carbocycles. The summed E-state index contributed by atoms with van der Waals surface area (Å²) in [4.78, 5) is 19.1. The number of hydrogen-bond acceptors (Lipinski definition) is 6. The van der Waals surface area contributed by atoms with Gasteiger partial charge < -0.3 is 4.57 Å². The van der Waals surface area contributed by atoms with Crippen LogP contribution in [0.5, 0.6) is 0 Å². The van der Waals surface area contributed by atoms with Gasteiger partial charge in [0.05, 0.1) is 6.04 Å². The zero-order valence-corrected chi connectivity index (χ0v) is 15.2. The Morgan fingerprint density at radius 3 is 2.71 bits per heavy atom. The molecule has 1 aliphatic rings. The van der Waals surface area contributed by atoms with Gasteiger partial charge in [-0.1, -0.05) is 11.3 Å². The summed E-state index contributed by atoms with van der Waals surface area (Å²) in [6.45, 7) is 8.12. The topological polar surface area (TPSA) is 75.9 Å². The molecule has 0 spiro atoms. The van der Waals surface area contributed by atoms with E-state index in [1.165, 1.54) is 17.2 Å². The predicted molar refractivity (Wildman–Crippen MR) is 94.2 cm³/mol. The number of nitrogens with one attached hydrogen (secondary N) is 1. The molecule has 0 bridgehead atoms. The van der Waals surface area contributed by atoms with Gasteiger partial charge in [-0.25, -0.2) is 4.98 Å². The lowest BCUT2D eigenvalue weighted by Crippen LogP contribution is -2.46. The first-order chi connectivity index (χ1) is 11.6. The highest BCUT2D eigenvalue weighted by Gasteiger charge is 2.29. The molecule has 1 fully saturated rings. The maximum absolute atomic E-state index is 12.3. The van der Waals surface area contributed by atoms with Crippen LogP contribution < -0.4 is 5.32 Å². The number of rotatable bonds is 5. The van der Waals surface area contributed by atoms with E-state index in [4.69, 9.17) is 0 Å². The monoisotopic (exact) mass is 348 g/mol. The van der Waals surface area contributed by atoms with E-state index in [0.29, 0.717) is 17.1 Å². The Hall–Kier alpha value is -1.80. The molecule has 24 heavy (non-hydrogen) atoms. The van der Waals surface area contributed by atoms with E-state index in [1.54, 1.807) is 5.51 Å². The fourth-order valence-corrected chi connectivity index (χ4v) is 3.67. The van der Waals surface area contributed by atoms with Gasteiger partial charge in [-0.15, -0.1) is 10.2 Å². The van der Waals surface area contributed by atoms with Crippen molar-refractivity contribution in [3.8, 4) is 0 Å². The summed E-state index contributed by atoms with van der Waals surface area (Å²) >= 11 is 1.33. The van der Waals surface area contributed by atoms with Gasteiger partial charge in [0.15, 0.2) is 0 Å². The predicted octanol–water partition coefficient (Wildman–Crippen LogP) is 2.52. The van der Waals surface area contributed by atoms with E-state index in [9.17, 15) is 4.79 Å². The van der Waals surface area contributed by atoms with Gasteiger partial charge in [-0.3, -0.25) is 15.0 Å². The van der Waals surface area contributed by atoms with Gasteiger partial charge in [-0.05, 0) is 46.7 Å². The second-order valence-corrected chi connectivity index (χ2v) is 7.34. The quantitative estimate of drug-likeness (QED) is 0.898. The Labute approximate surface area is 146 Å². The molecule has 3 rings (SSSR count). The average Bonchev–Trinajstić information content (AvgIpc) is 3.25. The molecule has 3 heterocycles. The number of carbonyl (C=O) groups is 1. The maximum Gasteiger partial charge on any atom is 0.243 e. The third-order valence-electron chi connectivity index (χ3n) is 4.67. The molecule has 2 aromatic heterocycles. The molecule has 8 heteroatoms. The molecular formula is C16H24N6OS. The lowest BCUT2D eigenvalue weighted by molar-refractivity contribution is -0.121. The largest absolute Gasteiger partial charge is 0.332 e. The standard InChI is InChI=1S/C16H24N6OS/c1-11(2)22-9-6-17-14(22)13-4-7-21(8-5-13)12(3)15(23)19-16-20-18-10-24-16/h6,9-13H,4-5,7-8H2,1-3H3,(H,19,20,23)/t12-/m1/s1. The normalized spacial score (nSPS) is 18.0. The highest BCUT2D eigenvalue weighted by atomic mass is 32.1. The molecule has 1 amide bonds. The Morgan fingerprint density at radius 1 is 1.33 bits per heavy atom. The lowest BCUT2D eigenvalue weighted by Gasteiger charge is -2.35. The molecule has 0 aliphatic carbocycles. The SMILES string of the molecule is CC(C)n1ccnc1C1CCN([C@H](C)C(=O)Nc2nncs2)CC1. The summed E-state index contributed by atoms with van der Waals surface area (Å²) in [5.41, 5.74) is 1.61. The highest BCUT2D eigenvalue weighted by molar-refractivity contribution is 7.13. The molecule has 130 valence electrons. The van der Waals surface area contributed by atoms with E-state index in [2.05, 4.69) is 50.0 Å². The van der Waals surface area contributed by atoms with Crippen molar-refractivity contribution >= 4 is 22.4 Å². The first-order valence-corrected chi connectivity index (χ1v) is 9.28. The number of nitrogens with zero attached hydrogens (tertiary/aromatic N) is 5. The molecule has 2 aromatic rings. The molecule has 1 atom stereocenters. The molecular weight excluding hydrogens is 324 g/mol. The van der Waals surface area contributed by atoms with Crippen LogP contribution >= 0.6 is 11.3 Å². The van der Waals surface area contributed by atoms with Gasteiger partial charge in [0.25, 0.3) is 0 Å². The minimum Gasteiger partial charge on any atom is -0.332 e. The lowest BCUT2D eigenvalue weighted by atomic mass is 9.94. The van der Waals surface area contributed by atoms with Crippen LogP contribution in [0.1, 0.15) is 51.4 Å². The molecule has 1 aliphatic heterocycles.